The van der Waals surface area contributed by atoms with Crippen LogP contribution in [-0.2, 0) is 0 Å². The summed E-state index contributed by atoms with van der Waals surface area (Å²) in [4.78, 5) is 1.41. The summed E-state index contributed by atoms with van der Waals surface area (Å²) in [5.74, 6) is 0. The summed E-state index contributed by atoms with van der Waals surface area (Å²) in [5.41, 5.74) is 2.48. The van der Waals surface area contributed by atoms with Crippen molar-refractivity contribution in [1.29, 1.82) is 0 Å². The molecular formula is C12H9Br2ClS. The fraction of sp³-hybridized carbons (Fsp3) is 0.167. The lowest BCUT2D eigenvalue weighted by molar-refractivity contribution is 1.19. The van der Waals surface area contributed by atoms with Crippen molar-refractivity contribution in [3.63, 3.8) is 0 Å². The van der Waals surface area contributed by atoms with Crippen LogP contribution in [0.2, 0.25) is 4.34 Å². The Morgan fingerprint density at radius 1 is 1.25 bits per heavy atom. The van der Waals surface area contributed by atoms with Gasteiger partial charge in [0.25, 0.3) is 0 Å². The first-order valence-electron chi connectivity index (χ1n) is 4.74. The van der Waals surface area contributed by atoms with Gasteiger partial charge in [-0.2, -0.15) is 0 Å². The maximum atomic E-state index is 5.95. The van der Waals surface area contributed by atoms with Gasteiger partial charge in [0, 0.05) is 9.35 Å². The molecule has 0 amide bonds. The van der Waals surface area contributed by atoms with Crippen molar-refractivity contribution in [2.45, 2.75) is 11.8 Å². The average molecular weight is 381 g/mol. The van der Waals surface area contributed by atoms with Crippen molar-refractivity contribution >= 4 is 54.8 Å². The second kappa shape index (κ2) is 5.21. The van der Waals surface area contributed by atoms with Crippen LogP contribution in [0.1, 0.15) is 20.8 Å². The Morgan fingerprint density at radius 2 is 2.00 bits per heavy atom. The zero-order valence-corrected chi connectivity index (χ0v) is 13.3. The highest BCUT2D eigenvalue weighted by atomic mass is 79.9. The zero-order chi connectivity index (χ0) is 11.7. The zero-order valence-electron chi connectivity index (χ0n) is 8.51. The van der Waals surface area contributed by atoms with Gasteiger partial charge in [0.15, 0.2) is 0 Å². The van der Waals surface area contributed by atoms with Gasteiger partial charge >= 0.3 is 0 Å². The van der Waals surface area contributed by atoms with Gasteiger partial charge in [0.2, 0.25) is 0 Å². The molecule has 1 heterocycles. The van der Waals surface area contributed by atoms with Crippen LogP contribution in [0, 0.1) is 6.92 Å². The first-order valence-corrected chi connectivity index (χ1v) is 7.64. The standard InChI is InChI=1S/C12H9Br2ClS/c1-7-3-2-4-8(11(7)13)12(14)9-5-6-10(15)16-9/h2-6,12H,1H3. The summed E-state index contributed by atoms with van der Waals surface area (Å²) in [7, 11) is 0. The van der Waals surface area contributed by atoms with Crippen LogP contribution in [0.25, 0.3) is 0 Å². The van der Waals surface area contributed by atoms with Gasteiger partial charge in [-0.3, -0.25) is 0 Å². The van der Waals surface area contributed by atoms with Crippen molar-refractivity contribution < 1.29 is 0 Å². The molecule has 84 valence electrons. The van der Waals surface area contributed by atoms with Crippen LogP contribution in [0.15, 0.2) is 34.8 Å². The Labute approximate surface area is 121 Å². The minimum Gasteiger partial charge on any atom is -0.127 e. The maximum absolute atomic E-state index is 5.95. The highest BCUT2D eigenvalue weighted by molar-refractivity contribution is 9.11. The van der Waals surface area contributed by atoms with Gasteiger partial charge in [-0.15, -0.1) is 11.3 Å². The molecule has 1 unspecified atom stereocenters. The lowest BCUT2D eigenvalue weighted by Gasteiger charge is -2.12. The molecule has 0 aliphatic rings. The van der Waals surface area contributed by atoms with E-state index in [-0.39, 0.29) is 4.83 Å². The maximum Gasteiger partial charge on any atom is 0.0931 e. The van der Waals surface area contributed by atoms with Gasteiger partial charge in [-0.05, 0) is 30.2 Å². The lowest BCUT2D eigenvalue weighted by Crippen LogP contribution is -1.92. The molecule has 0 fully saturated rings. The monoisotopic (exact) mass is 378 g/mol. The molecule has 0 aliphatic heterocycles. The van der Waals surface area contributed by atoms with E-state index in [9.17, 15) is 0 Å². The number of hydrogen-bond acceptors (Lipinski definition) is 1. The Kier molecular flexibility index (Phi) is 4.11. The molecule has 0 spiro atoms. The van der Waals surface area contributed by atoms with Gasteiger partial charge in [0.05, 0.1) is 9.16 Å². The molecule has 1 aromatic carbocycles. The number of thiophene rings is 1. The van der Waals surface area contributed by atoms with Gasteiger partial charge in [-0.25, -0.2) is 0 Å². The number of hydrogen-bond donors (Lipinski definition) is 0. The van der Waals surface area contributed by atoms with E-state index in [4.69, 9.17) is 11.6 Å². The van der Waals surface area contributed by atoms with Crippen molar-refractivity contribution in [2.24, 2.45) is 0 Å². The smallest absolute Gasteiger partial charge is 0.0931 e. The van der Waals surface area contributed by atoms with E-state index in [0.717, 1.165) is 8.81 Å². The predicted molar refractivity (Wildman–Crippen MR) is 79.0 cm³/mol. The Morgan fingerprint density at radius 3 is 2.62 bits per heavy atom. The predicted octanol–water partition coefficient (Wildman–Crippen LogP) is 5.96. The van der Waals surface area contributed by atoms with Crippen molar-refractivity contribution in [1.82, 2.24) is 0 Å². The van der Waals surface area contributed by atoms with Crippen molar-refractivity contribution in [2.75, 3.05) is 0 Å². The number of alkyl halides is 1. The molecule has 0 aliphatic carbocycles. The fourth-order valence-electron chi connectivity index (χ4n) is 1.48. The molecule has 1 atom stereocenters. The Balaban J connectivity index is 2.41. The number of halogens is 3. The molecule has 16 heavy (non-hydrogen) atoms. The molecule has 0 nitrogen and oxygen atoms in total. The van der Waals surface area contributed by atoms with E-state index < -0.39 is 0 Å². The van der Waals surface area contributed by atoms with E-state index in [0.29, 0.717) is 0 Å². The molecule has 0 radical (unpaired) electrons. The first kappa shape index (κ1) is 12.6. The van der Waals surface area contributed by atoms with Crippen LogP contribution < -0.4 is 0 Å². The van der Waals surface area contributed by atoms with E-state index in [2.05, 4.69) is 63.0 Å². The lowest BCUT2D eigenvalue weighted by atomic mass is 10.1. The highest BCUT2D eigenvalue weighted by Crippen LogP contribution is 2.40. The van der Waals surface area contributed by atoms with Crippen LogP contribution >= 0.6 is 54.8 Å². The second-order valence-corrected chi connectivity index (χ2v) is 6.94. The summed E-state index contributed by atoms with van der Waals surface area (Å²) >= 11 is 14.9. The molecule has 0 saturated carbocycles. The first-order chi connectivity index (χ1) is 7.59. The van der Waals surface area contributed by atoms with E-state index >= 15 is 0 Å². The number of aryl methyl sites for hydroxylation is 1. The highest BCUT2D eigenvalue weighted by Gasteiger charge is 2.16. The Hall–Kier alpha value is 0.170. The summed E-state index contributed by atoms with van der Waals surface area (Å²) in [5, 5.41) is 0. The summed E-state index contributed by atoms with van der Waals surface area (Å²) in [6.07, 6.45) is 0. The molecule has 4 heteroatoms. The Bertz CT molecular complexity index is 507. The van der Waals surface area contributed by atoms with Crippen LogP contribution in [0.3, 0.4) is 0 Å². The second-order valence-electron chi connectivity index (χ2n) is 3.48. The van der Waals surface area contributed by atoms with E-state index in [1.54, 1.807) is 11.3 Å². The van der Waals surface area contributed by atoms with Gasteiger partial charge in [0.1, 0.15) is 0 Å². The van der Waals surface area contributed by atoms with Gasteiger partial charge in [-0.1, -0.05) is 61.7 Å². The largest absolute Gasteiger partial charge is 0.127 e. The van der Waals surface area contributed by atoms with Crippen LogP contribution in [0.4, 0.5) is 0 Å². The van der Waals surface area contributed by atoms with Crippen molar-refractivity contribution in [3.05, 3.63) is 55.1 Å². The normalized spacial score (nSPS) is 12.8. The number of benzene rings is 1. The third kappa shape index (κ3) is 2.53. The van der Waals surface area contributed by atoms with E-state index in [1.165, 1.54) is 16.0 Å². The third-order valence-electron chi connectivity index (χ3n) is 2.34. The van der Waals surface area contributed by atoms with E-state index in [1.807, 2.05) is 6.07 Å². The number of rotatable bonds is 2. The molecule has 0 saturated heterocycles. The molecule has 0 bridgehead atoms. The fourth-order valence-corrected chi connectivity index (χ4v) is 4.16. The molecule has 2 aromatic rings. The summed E-state index contributed by atoms with van der Waals surface area (Å²) in [6.45, 7) is 2.09. The molecular weight excluding hydrogens is 371 g/mol. The van der Waals surface area contributed by atoms with Crippen LogP contribution in [-0.4, -0.2) is 0 Å². The minimum atomic E-state index is 0.194. The third-order valence-corrected chi connectivity index (χ3v) is 6.01. The van der Waals surface area contributed by atoms with Gasteiger partial charge < -0.3 is 0 Å². The topological polar surface area (TPSA) is 0 Å². The average Bonchev–Trinajstić information content (AvgIpc) is 2.68. The summed E-state index contributed by atoms with van der Waals surface area (Å²) < 4.78 is 1.98. The quantitative estimate of drug-likeness (QED) is 0.564. The molecule has 2 rings (SSSR count). The van der Waals surface area contributed by atoms with Crippen LogP contribution in [0.5, 0.6) is 0 Å². The summed E-state index contributed by atoms with van der Waals surface area (Å²) in [6, 6.07) is 10.3. The SMILES string of the molecule is Cc1cccc(C(Br)c2ccc(Cl)s2)c1Br. The minimum absolute atomic E-state index is 0.194. The van der Waals surface area contributed by atoms with Crippen molar-refractivity contribution in [3.8, 4) is 0 Å². The molecule has 1 aromatic heterocycles. The molecule has 0 N–H and O–H groups in total.